The van der Waals surface area contributed by atoms with Crippen molar-refractivity contribution in [3.05, 3.63) is 52.8 Å². The maximum absolute atomic E-state index is 14.5. The van der Waals surface area contributed by atoms with Crippen molar-refractivity contribution in [1.29, 1.82) is 0 Å². The molecule has 1 saturated heterocycles. The Morgan fingerprint density at radius 2 is 1.89 bits per heavy atom. The number of nitrogens with one attached hydrogen (secondary N) is 2. The van der Waals surface area contributed by atoms with E-state index in [0.29, 0.717) is 32.0 Å². The van der Waals surface area contributed by atoms with Gasteiger partial charge in [-0.1, -0.05) is 11.6 Å². The van der Waals surface area contributed by atoms with Gasteiger partial charge >= 0.3 is 0 Å². The first-order valence-corrected chi connectivity index (χ1v) is 10.3. The average molecular weight is 428 g/mol. The van der Waals surface area contributed by atoms with Crippen LogP contribution >= 0.6 is 11.6 Å². The predicted octanol–water partition coefficient (Wildman–Crippen LogP) is 2.48. The van der Waals surface area contributed by atoms with Crippen LogP contribution in [-0.4, -0.2) is 47.7 Å². The lowest BCUT2D eigenvalue weighted by Gasteiger charge is -2.29. The van der Waals surface area contributed by atoms with Crippen LogP contribution in [-0.2, 0) is 14.8 Å². The van der Waals surface area contributed by atoms with E-state index in [2.05, 4.69) is 10.0 Å². The number of carbonyl (C=O) groups excluding carboxylic acids is 1. The van der Waals surface area contributed by atoms with E-state index in [9.17, 15) is 17.6 Å². The zero-order chi connectivity index (χ0) is 20.3. The molecular weight excluding hydrogens is 409 g/mol. The van der Waals surface area contributed by atoms with Gasteiger partial charge < -0.3 is 15.0 Å². The van der Waals surface area contributed by atoms with E-state index in [1.807, 2.05) is 4.90 Å². The first kappa shape index (κ1) is 20.5. The van der Waals surface area contributed by atoms with Crippen LogP contribution < -0.4 is 14.9 Å². The van der Waals surface area contributed by atoms with Gasteiger partial charge in [-0.3, -0.25) is 4.79 Å². The Balaban J connectivity index is 1.81. The Kier molecular flexibility index (Phi) is 6.19. The van der Waals surface area contributed by atoms with Gasteiger partial charge in [0.25, 0.3) is 5.91 Å². The van der Waals surface area contributed by atoms with Gasteiger partial charge in [0.05, 0.1) is 34.4 Å². The van der Waals surface area contributed by atoms with Crippen molar-refractivity contribution in [3.63, 3.8) is 0 Å². The molecule has 2 aromatic carbocycles. The lowest BCUT2D eigenvalue weighted by Crippen LogP contribution is -2.36. The summed E-state index contributed by atoms with van der Waals surface area (Å²) in [6, 6.07) is 8.16. The Morgan fingerprint density at radius 3 is 2.54 bits per heavy atom. The zero-order valence-corrected chi connectivity index (χ0v) is 16.6. The van der Waals surface area contributed by atoms with E-state index in [1.54, 1.807) is 12.1 Å². The Hall–Kier alpha value is -2.20. The summed E-state index contributed by atoms with van der Waals surface area (Å²) >= 11 is 6.04. The second-order valence-corrected chi connectivity index (χ2v) is 8.36. The van der Waals surface area contributed by atoms with Crippen LogP contribution in [0.25, 0.3) is 0 Å². The van der Waals surface area contributed by atoms with E-state index in [1.165, 1.54) is 31.3 Å². The summed E-state index contributed by atoms with van der Waals surface area (Å²) < 4.78 is 45.8. The molecule has 0 unspecified atom stereocenters. The lowest BCUT2D eigenvalue weighted by molar-refractivity contribution is 0.102. The molecule has 28 heavy (non-hydrogen) atoms. The molecule has 10 heteroatoms. The molecule has 1 heterocycles. The summed E-state index contributed by atoms with van der Waals surface area (Å²) in [6.45, 7) is 2.24. The number of nitrogens with zero attached hydrogens (tertiary/aromatic N) is 1. The molecule has 150 valence electrons. The molecule has 1 aliphatic rings. The van der Waals surface area contributed by atoms with E-state index < -0.39 is 21.7 Å². The Labute approximate surface area is 167 Å². The van der Waals surface area contributed by atoms with E-state index in [-0.39, 0.29) is 21.2 Å². The molecule has 0 aromatic heterocycles. The lowest BCUT2D eigenvalue weighted by atomic mass is 10.2. The normalized spacial score (nSPS) is 14.8. The van der Waals surface area contributed by atoms with Crippen LogP contribution in [0.15, 0.2) is 41.3 Å². The predicted molar refractivity (Wildman–Crippen MR) is 105 cm³/mol. The van der Waals surface area contributed by atoms with E-state index in [0.717, 1.165) is 0 Å². The summed E-state index contributed by atoms with van der Waals surface area (Å²) in [5.41, 5.74) is 0.634. The molecule has 0 radical (unpaired) electrons. The summed E-state index contributed by atoms with van der Waals surface area (Å²) in [7, 11) is -2.47. The Bertz CT molecular complexity index is 994. The molecule has 2 N–H and O–H groups in total. The van der Waals surface area contributed by atoms with Gasteiger partial charge in [0, 0.05) is 18.8 Å². The van der Waals surface area contributed by atoms with Crippen molar-refractivity contribution in [2.75, 3.05) is 43.6 Å². The van der Waals surface area contributed by atoms with E-state index in [4.69, 9.17) is 16.3 Å². The number of rotatable bonds is 5. The van der Waals surface area contributed by atoms with Crippen LogP contribution in [0.1, 0.15) is 10.4 Å². The Morgan fingerprint density at radius 1 is 1.18 bits per heavy atom. The fourth-order valence-corrected chi connectivity index (χ4v) is 3.77. The molecule has 3 rings (SSSR count). The summed E-state index contributed by atoms with van der Waals surface area (Å²) in [6.07, 6.45) is 0. The van der Waals surface area contributed by atoms with Gasteiger partial charge in [-0.05, 0) is 43.4 Å². The minimum absolute atomic E-state index is 0.0318. The molecule has 0 bridgehead atoms. The molecule has 0 aliphatic carbocycles. The molecule has 2 aromatic rings. The molecule has 1 amide bonds. The standard InChI is InChI=1S/C18H19ClFN3O4S/c1-21-28(25,26)13-3-4-15(19)14(11-13)18(24)22-12-2-5-17(16(20)10-12)23-6-8-27-9-7-23/h2-5,10-11,21H,6-9H2,1H3,(H,22,24). The minimum Gasteiger partial charge on any atom is -0.378 e. The maximum atomic E-state index is 14.5. The number of amides is 1. The molecule has 0 saturated carbocycles. The van der Waals surface area contributed by atoms with Gasteiger partial charge in [0.2, 0.25) is 10.0 Å². The number of sulfonamides is 1. The van der Waals surface area contributed by atoms with Crippen LogP contribution in [0.3, 0.4) is 0 Å². The maximum Gasteiger partial charge on any atom is 0.257 e. The second kappa shape index (κ2) is 8.44. The highest BCUT2D eigenvalue weighted by atomic mass is 35.5. The van der Waals surface area contributed by atoms with Crippen molar-refractivity contribution >= 4 is 38.9 Å². The molecule has 1 aliphatic heterocycles. The van der Waals surface area contributed by atoms with E-state index >= 15 is 0 Å². The van der Waals surface area contributed by atoms with Crippen LogP contribution in [0.2, 0.25) is 5.02 Å². The third-order valence-corrected chi connectivity index (χ3v) is 6.06. The number of hydrogen-bond donors (Lipinski definition) is 2. The quantitative estimate of drug-likeness (QED) is 0.765. The monoisotopic (exact) mass is 427 g/mol. The SMILES string of the molecule is CNS(=O)(=O)c1ccc(Cl)c(C(=O)Nc2ccc(N3CCOCC3)c(F)c2)c1. The first-order valence-electron chi connectivity index (χ1n) is 8.48. The highest BCUT2D eigenvalue weighted by molar-refractivity contribution is 7.89. The van der Waals surface area contributed by atoms with Crippen molar-refractivity contribution in [1.82, 2.24) is 4.72 Å². The number of morpholine rings is 1. The van der Waals surface area contributed by atoms with Crippen LogP contribution in [0, 0.1) is 5.82 Å². The first-order chi connectivity index (χ1) is 13.3. The second-order valence-electron chi connectivity index (χ2n) is 6.07. The summed E-state index contributed by atoms with van der Waals surface area (Å²) in [4.78, 5) is 14.3. The third-order valence-electron chi connectivity index (χ3n) is 4.32. The van der Waals surface area contributed by atoms with Gasteiger partial charge in [-0.15, -0.1) is 0 Å². The number of ether oxygens (including phenoxy) is 1. The fourth-order valence-electron chi connectivity index (χ4n) is 2.81. The van der Waals surface area contributed by atoms with Crippen molar-refractivity contribution < 1.29 is 22.3 Å². The molecule has 1 fully saturated rings. The van der Waals surface area contributed by atoms with Crippen molar-refractivity contribution in [2.45, 2.75) is 4.90 Å². The van der Waals surface area contributed by atoms with Crippen LogP contribution in [0.4, 0.5) is 15.8 Å². The number of hydrogen-bond acceptors (Lipinski definition) is 5. The number of halogens is 2. The number of benzene rings is 2. The average Bonchev–Trinajstić information content (AvgIpc) is 2.69. The highest BCUT2D eigenvalue weighted by Gasteiger charge is 2.19. The smallest absolute Gasteiger partial charge is 0.257 e. The molecule has 0 atom stereocenters. The molecule has 7 nitrogen and oxygen atoms in total. The zero-order valence-electron chi connectivity index (χ0n) is 15.0. The highest BCUT2D eigenvalue weighted by Crippen LogP contribution is 2.25. The fraction of sp³-hybridized carbons (Fsp3) is 0.278. The topological polar surface area (TPSA) is 87.7 Å². The van der Waals surface area contributed by atoms with Crippen molar-refractivity contribution in [3.8, 4) is 0 Å². The van der Waals surface area contributed by atoms with Crippen LogP contribution in [0.5, 0.6) is 0 Å². The van der Waals surface area contributed by atoms with Gasteiger partial charge in [0.15, 0.2) is 0 Å². The minimum atomic E-state index is -3.73. The molecule has 0 spiro atoms. The number of carbonyl (C=O) groups is 1. The van der Waals surface area contributed by atoms with Gasteiger partial charge in [-0.25, -0.2) is 17.5 Å². The van der Waals surface area contributed by atoms with Gasteiger partial charge in [0.1, 0.15) is 5.82 Å². The summed E-state index contributed by atoms with van der Waals surface area (Å²) in [5, 5.41) is 2.63. The van der Waals surface area contributed by atoms with Gasteiger partial charge in [-0.2, -0.15) is 0 Å². The largest absolute Gasteiger partial charge is 0.378 e. The molecular formula is C18H19ClFN3O4S. The third kappa shape index (κ3) is 4.44. The van der Waals surface area contributed by atoms with Crippen molar-refractivity contribution in [2.24, 2.45) is 0 Å². The summed E-state index contributed by atoms with van der Waals surface area (Å²) in [5.74, 6) is -1.12. The number of anilines is 2.